The molecule has 0 radical (unpaired) electrons. The molecule has 1 aromatic rings. The van der Waals surface area contributed by atoms with Gasteiger partial charge in [0.25, 0.3) is 0 Å². The van der Waals surface area contributed by atoms with Gasteiger partial charge < -0.3 is 10.1 Å². The van der Waals surface area contributed by atoms with Gasteiger partial charge in [0.05, 0.1) is 5.56 Å². The molecule has 0 aromatic carbocycles. The molecule has 0 aliphatic heterocycles. The lowest BCUT2D eigenvalue weighted by atomic mass is 10.3. The zero-order valence-corrected chi connectivity index (χ0v) is 8.51. The summed E-state index contributed by atoms with van der Waals surface area (Å²) in [5.74, 6) is 0.306. The zero-order valence-electron chi connectivity index (χ0n) is 7.75. The highest BCUT2D eigenvalue weighted by Crippen LogP contribution is 2.24. The quantitative estimate of drug-likeness (QED) is 0.761. The fourth-order valence-corrected chi connectivity index (χ4v) is 1.07. The van der Waals surface area contributed by atoms with Gasteiger partial charge in [-0.25, -0.2) is 4.98 Å². The Morgan fingerprint density at radius 3 is 3.14 bits per heavy atom. The molecule has 0 fully saturated rings. The van der Waals surface area contributed by atoms with E-state index in [2.05, 4.69) is 10.3 Å². The minimum Gasteiger partial charge on any atom is -0.475 e. The van der Waals surface area contributed by atoms with Crippen molar-refractivity contribution in [1.29, 1.82) is 5.26 Å². The number of nitriles is 1. The maximum absolute atomic E-state index is 8.68. The molecule has 4 nitrogen and oxygen atoms in total. The molecule has 1 aromatic heterocycles. The molecule has 14 heavy (non-hydrogen) atoms. The molecule has 0 saturated carbocycles. The van der Waals surface area contributed by atoms with Crippen LogP contribution in [0.3, 0.4) is 0 Å². The van der Waals surface area contributed by atoms with Crippen LogP contribution in [0, 0.1) is 11.3 Å². The zero-order chi connectivity index (χ0) is 10.4. The van der Waals surface area contributed by atoms with E-state index in [-0.39, 0.29) is 5.02 Å². The molecular formula is C9H10ClN3O. The van der Waals surface area contributed by atoms with Crippen LogP contribution >= 0.6 is 11.6 Å². The van der Waals surface area contributed by atoms with E-state index in [9.17, 15) is 0 Å². The van der Waals surface area contributed by atoms with Gasteiger partial charge in [-0.05, 0) is 13.1 Å². The highest BCUT2D eigenvalue weighted by atomic mass is 35.5. The van der Waals surface area contributed by atoms with E-state index in [4.69, 9.17) is 21.6 Å². The Balaban J connectivity index is 2.73. The summed E-state index contributed by atoms with van der Waals surface area (Å²) in [5, 5.41) is 11.9. The third-order valence-corrected chi connectivity index (χ3v) is 1.93. The maximum Gasteiger partial charge on any atom is 0.233 e. The van der Waals surface area contributed by atoms with E-state index in [1.165, 1.54) is 6.20 Å². The van der Waals surface area contributed by atoms with Gasteiger partial charge in [0.15, 0.2) is 0 Å². The van der Waals surface area contributed by atoms with Gasteiger partial charge in [-0.1, -0.05) is 11.6 Å². The first kappa shape index (κ1) is 10.8. The van der Waals surface area contributed by atoms with Crippen LogP contribution in [0.2, 0.25) is 5.02 Å². The molecule has 1 heterocycles. The number of nitrogens with one attached hydrogen (secondary N) is 1. The number of nitrogens with zero attached hydrogens (tertiary/aromatic N) is 2. The highest BCUT2D eigenvalue weighted by molar-refractivity contribution is 6.32. The van der Waals surface area contributed by atoms with Crippen LogP contribution in [-0.4, -0.2) is 25.2 Å². The second-order valence-corrected chi connectivity index (χ2v) is 2.92. The average molecular weight is 212 g/mol. The van der Waals surface area contributed by atoms with E-state index < -0.39 is 0 Å². The number of halogens is 1. The molecule has 1 N–H and O–H groups in total. The predicted octanol–water partition coefficient (Wildman–Crippen LogP) is 1.20. The summed E-state index contributed by atoms with van der Waals surface area (Å²) in [6.45, 7) is 1.17. The van der Waals surface area contributed by atoms with E-state index in [0.29, 0.717) is 24.6 Å². The molecular weight excluding hydrogens is 202 g/mol. The predicted molar refractivity (Wildman–Crippen MR) is 53.4 cm³/mol. The first-order valence-electron chi connectivity index (χ1n) is 4.11. The number of hydrogen-bond acceptors (Lipinski definition) is 4. The second-order valence-electron chi connectivity index (χ2n) is 2.54. The van der Waals surface area contributed by atoms with Crippen LogP contribution in [0.1, 0.15) is 5.56 Å². The van der Waals surface area contributed by atoms with Gasteiger partial charge in [-0.2, -0.15) is 5.26 Å². The van der Waals surface area contributed by atoms with Crippen LogP contribution in [0.25, 0.3) is 0 Å². The summed E-state index contributed by atoms with van der Waals surface area (Å²) in [6.07, 6.45) is 1.50. The molecule has 74 valence electrons. The minimum absolute atomic E-state index is 0.270. The van der Waals surface area contributed by atoms with E-state index in [1.54, 1.807) is 6.07 Å². The number of ether oxygens (including phenoxy) is 1. The lowest BCUT2D eigenvalue weighted by Gasteiger charge is -2.06. The van der Waals surface area contributed by atoms with Crippen molar-refractivity contribution >= 4 is 11.6 Å². The molecule has 0 unspecified atom stereocenters. The maximum atomic E-state index is 8.68. The fourth-order valence-electron chi connectivity index (χ4n) is 0.861. The third-order valence-electron chi connectivity index (χ3n) is 1.57. The lowest BCUT2D eigenvalue weighted by Crippen LogP contribution is -2.16. The van der Waals surface area contributed by atoms with Crippen LogP contribution in [0.5, 0.6) is 5.88 Å². The van der Waals surface area contributed by atoms with Crippen molar-refractivity contribution in [2.24, 2.45) is 0 Å². The van der Waals surface area contributed by atoms with Crippen LogP contribution < -0.4 is 10.1 Å². The van der Waals surface area contributed by atoms with Gasteiger partial charge in [0, 0.05) is 12.7 Å². The Hall–Kier alpha value is -1.31. The Morgan fingerprint density at radius 1 is 1.71 bits per heavy atom. The largest absolute Gasteiger partial charge is 0.475 e. The summed E-state index contributed by atoms with van der Waals surface area (Å²) in [6, 6.07) is 3.51. The van der Waals surface area contributed by atoms with Crippen molar-refractivity contribution < 1.29 is 4.74 Å². The Morgan fingerprint density at radius 2 is 2.50 bits per heavy atom. The Kier molecular flexibility index (Phi) is 4.17. The molecule has 0 bridgehead atoms. The molecule has 0 aliphatic carbocycles. The summed E-state index contributed by atoms with van der Waals surface area (Å²) in [4.78, 5) is 3.93. The average Bonchev–Trinajstić information content (AvgIpc) is 2.21. The summed E-state index contributed by atoms with van der Waals surface area (Å²) in [7, 11) is 1.82. The topological polar surface area (TPSA) is 57.9 Å². The first-order valence-corrected chi connectivity index (χ1v) is 4.49. The number of aromatic nitrogens is 1. The van der Waals surface area contributed by atoms with Crippen molar-refractivity contribution in [1.82, 2.24) is 10.3 Å². The van der Waals surface area contributed by atoms with Crippen LogP contribution in [0.15, 0.2) is 12.3 Å². The van der Waals surface area contributed by atoms with E-state index in [1.807, 2.05) is 13.1 Å². The third kappa shape index (κ3) is 2.59. The van der Waals surface area contributed by atoms with E-state index in [0.717, 1.165) is 0 Å². The number of pyridine rings is 1. The molecule has 0 spiro atoms. The molecule has 1 rings (SSSR count). The van der Waals surface area contributed by atoms with Crippen LogP contribution in [0.4, 0.5) is 0 Å². The van der Waals surface area contributed by atoms with Gasteiger partial charge in [0.2, 0.25) is 5.88 Å². The van der Waals surface area contributed by atoms with Crippen molar-refractivity contribution in [3.05, 3.63) is 22.8 Å². The first-order chi connectivity index (χ1) is 6.79. The second kappa shape index (κ2) is 5.43. The molecule has 0 aliphatic rings. The fraction of sp³-hybridized carbons (Fsp3) is 0.333. The SMILES string of the molecule is CNCCOc1nccc(C#N)c1Cl. The van der Waals surface area contributed by atoms with Crippen molar-refractivity contribution in [3.63, 3.8) is 0 Å². The molecule has 0 saturated heterocycles. The molecule has 0 atom stereocenters. The summed E-state index contributed by atoms with van der Waals surface area (Å²) in [5.41, 5.74) is 0.376. The molecule has 5 heteroatoms. The smallest absolute Gasteiger partial charge is 0.233 e. The number of rotatable bonds is 4. The van der Waals surface area contributed by atoms with Gasteiger partial charge in [-0.3, -0.25) is 0 Å². The van der Waals surface area contributed by atoms with Gasteiger partial charge in [-0.15, -0.1) is 0 Å². The van der Waals surface area contributed by atoms with Crippen molar-refractivity contribution in [2.45, 2.75) is 0 Å². The van der Waals surface area contributed by atoms with Gasteiger partial charge >= 0.3 is 0 Å². The monoisotopic (exact) mass is 211 g/mol. The normalized spacial score (nSPS) is 9.50. The Labute approximate surface area is 87.5 Å². The lowest BCUT2D eigenvalue weighted by molar-refractivity contribution is 0.306. The molecule has 0 amide bonds. The van der Waals surface area contributed by atoms with Gasteiger partial charge in [0.1, 0.15) is 17.7 Å². The summed E-state index contributed by atoms with van der Waals surface area (Å²) < 4.78 is 5.26. The van der Waals surface area contributed by atoms with Crippen molar-refractivity contribution in [3.8, 4) is 11.9 Å². The minimum atomic E-state index is 0.270. The standard InChI is InChI=1S/C9H10ClN3O/c1-12-4-5-14-9-8(10)7(6-11)2-3-13-9/h2-3,12H,4-5H2,1H3. The van der Waals surface area contributed by atoms with Crippen LogP contribution in [-0.2, 0) is 0 Å². The number of hydrogen-bond donors (Lipinski definition) is 1. The summed E-state index contributed by atoms with van der Waals surface area (Å²) >= 11 is 5.86. The van der Waals surface area contributed by atoms with Crippen molar-refractivity contribution in [2.75, 3.05) is 20.2 Å². The number of likely N-dealkylation sites (N-methyl/N-ethyl adjacent to an activating group) is 1. The highest BCUT2D eigenvalue weighted by Gasteiger charge is 2.07. The Bertz CT molecular complexity index is 348. The van der Waals surface area contributed by atoms with E-state index >= 15 is 0 Å².